The molecule has 140 valence electrons. The number of benzene rings is 1. The normalized spacial score (nSPS) is 14.1. The summed E-state index contributed by atoms with van der Waals surface area (Å²) in [5, 5.41) is 16.2. The van der Waals surface area contributed by atoms with E-state index in [0.717, 1.165) is 22.0 Å². The van der Waals surface area contributed by atoms with E-state index >= 15 is 0 Å². The molecule has 0 aliphatic rings. The molecule has 3 aromatic heterocycles. The zero-order chi connectivity index (χ0) is 19.1. The summed E-state index contributed by atoms with van der Waals surface area (Å²) in [5.74, 6) is 0.779. The Balaban J connectivity index is 1.76. The number of nitrogens with one attached hydrogen (secondary N) is 2. The molecule has 0 amide bonds. The van der Waals surface area contributed by atoms with Gasteiger partial charge < -0.3 is 5.32 Å². The van der Waals surface area contributed by atoms with Crippen LogP contribution in [-0.4, -0.2) is 40.2 Å². The third-order valence-corrected chi connectivity index (χ3v) is 5.26. The Hall–Kier alpha value is -2.81. The van der Waals surface area contributed by atoms with Crippen LogP contribution in [0.4, 0.5) is 5.95 Å². The van der Waals surface area contributed by atoms with Crippen molar-refractivity contribution in [3.8, 4) is 0 Å². The molecule has 1 aromatic carbocycles. The van der Waals surface area contributed by atoms with Gasteiger partial charge in [0.25, 0.3) is 0 Å². The van der Waals surface area contributed by atoms with Crippen molar-refractivity contribution >= 4 is 33.3 Å². The van der Waals surface area contributed by atoms with Crippen LogP contribution in [0.25, 0.3) is 16.6 Å². The minimum Gasteiger partial charge on any atom is -0.348 e. The van der Waals surface area contributed by atoms with E-state index in [1.54, 1.807) is 23.2 Å². The van der Waals surface area contributed by atoms with E-state index in [1.165, 1.54) is 0 Å². The fourth-order valence-electron chi connectivity index (χ4n) is 3.01. The molecule has 4 rings (SSSR count). The molecule has 0 fully saturated rings. The van der Waals surface area contributed by atoms with Crippen molar-refractivity contribution in [2.24, 2.45) is 0 Å². The first-order valence-corrected chi connectivity index (χ1v) is 10.3. The predicted octanol–water partition coefficient (Wildman–Crippen LogP) is 3.03. The average molecular weight is 383 g/mol. The highest BCUT2D eigenvalue weighted by Gasteiger charge is 2.18. The first kappa shape index (κ1) is 17.6. The second-order valence-electron chi connectivity index (χ2n) is 6.86. The van der Waals surface area contributed by atoms with Crippen LogP contribution in [0.15, 0.2) is 35.7 Å². The molecule has 8 nitrogen and oxygen atoms in total. The van der Waals surface area contributed by atoms with Crippen LogP contribution < -0.4 is 5.32 Å². The van der Waals surface area contributed by atoms with E-state index in [1.807, 2.05) is 19.1 Å². The fraction of sp³-hybridized carbons (Fsp3) is 0.333. The summed E-state index contributed by atoms with van der Waals surface area (Å²) in [5.41, 5.74) is 3.77. The molecule has 2 atom stereocenters. The van der Waals surface area contributed by atoms with Gasteiger partial charge in [-0.2, -0.15) is 19.7 Å². The highest BCUT2D eigenvalue weighted by atomic mass is 32.2. The van der Waals surface area contributed by atoms with Crippen molar-refractivity contribution in [2.45, 2.75) is 37.9 Å². The highest BCUT2D eigenvalue weighted by molar-refractivity contribution is 7.84. The Labute approximate surface area is 158 Å². The van der Waals surface area contributed by atoms with E-state index in [-0.39, 0.29) is 12.0 Å². The maximum Gasteiger partial charge on any atom is 0.228 e. The van der Waals surface area contributed by atoms with Crippen LogP contribution in [0, 0.1) is 0 Å². The van der Waals surface area contributed by atoms with E-state index in [0.29, 0.717) is 16.8 Å². The van der Waals surface area contributed by atoms with Crippen LogP contribution in [0.5, 0.6) is 0 Å². The van der Waals surface area contributed by atoms with Gasteiger partial charge in [-0.15, -0.1) is 0 Å². The van der Waals surface area contributed by atoms with Crippen LogP contribution in [0.2, 0.25) is 0 Å². The lowest BCUT2D eigenvalue weighted by atomic mass is 10.1. The van der Waals surface area contributed by atoms with Gasteiger partial charge in [0.15, 0.2) is 5.65 Å². The van der Waals surface area contributed by atoms with Gasteiger partial charge in [-0.3, -0.25) is 9.31 Å². The van der Waals surface area contributed by atoms with Crippen molar-refractivity contribution in [3.05, 3.63) is 41.7 Å². The lowest BCUT2D eigenvalue weighted by Gasteiger charge is -2.16. The minimum absolute atomic E-state index is 0.0350. The molecule has 2 unspecified atom stereocenters. The van der Waals surface area contributed by atoms with Gasteiger partial charge in [0, 0.05) is 17.2 Å². The molecule has 4 aromatic rings. The molecule has 3 heterocycles. The molecule has 2 N–H and O–H groups in total. The van der Waals surface area contributed by atoms with Crippen molar-refractivity contribution in [1.82, 2.24) is 29.8 Å². The third kappa shape index (κ3) is 3.18. The summed E-state index contributed by atoms with van der Waals surface area (Å²) in [6.45, 7) is 6.21. The van der Waals surface area contributed by atoms with Gasteiger partial charge in [0.1, 0.15) is 0 Å². The van der Waals surface area contributed by atoms with E-state index in [4.69, 9.17) is 0 Å². The molecular formula is C18H21N7OS. The topological polar surface area (TPSA) is 101 Å². The number of H-pyrrole nitrogens is 1. The molecule has 27 heavy (non-hydrogen) atoms. The Bertz CT molecular complexity index is 1150. The molecule has 9 heteroatoms. The summed E-state index contributed by atoms with van der Waals surface area (Å²) in [6, 6.07) is 6.09. The molecule has 0 saturated heterocycles. The lowest BCUT2D eigenvalue weighted by Crippen LogP contribution is -2.15. The smallest absolute Gasteiger partial charge is 0.228 e. The lowest BCUT2D eigenvalue weighted by molar-refractivity contribution is 0.677. The Morgan fingerprint density at radius 3 is 2.74 bits per heavy atom. The zero-order valence-electron chi connectivity index (χ0n) is 15.6. The van der Waals surface area contributed by atoms with Crippen LogP contribution >= 0.6 is 0 Å². The summed E-state index contributed by atoms with van der Waals surface area (Å²) in [4.78, 5) is 8.92. The van der Waals surface area contributed by atoms with Gasteiger partial charge in [-0.05, 0) is 30.5 Å². The van der Waals surface area contributed by atoms with E-state index in [2.05, 4.69) is 50.5 Å². The average Bonchev–Trinajstić information content (AvgIpc) is 3.27. The highest BCUT2D eigenvalue weighted by Crippen LogP contribution is 2.25. The number of aromatic nitrogens is 6. The largest absolute Gasteiger partial charge is 0.348 e. The second kappa shape index (κ2) is 6.73. The Kier molecular flexibility index (Phi) is 4.39. The van der Waals surface area contributed by atoms with Gasteiger partial charge in [-0.25, -0.2) is 4.98 Å². The molecule has 0 aliphatic heterocycles. The first-order chi connectivity index (χ1) is 12.9. The van der Waals surface area contributed by atoms with Gasteiger partial charge in [0.2, 0.25) is 11.1 Å². The number of aromatic amines is 1. The summed E-state index contributed by atoms with van der Waals surface area (Å²) >= 11 is 0. The maximum absolute atomic E-state index is 12.0. The molecule has 0 spiro atoms. The van der Waals surface area contributed by atoms with Gasteiger partial charge in [0.05, 0.1) is 34.8 Å². The van der Waals surface area contributed by atoms with Gasteiger partial charge >= 0.3 is 0 Å². The SMILES string of the molecule is CC(C)c1cnn2c(NC(C)c3ccc4[nH]ncc4c3)nc(S(C)=O)nc12. The van der Waals surface area contributed by atoms with Crippen molar-refractivity contribution in [3.63, 3.8) is 0 Å². The van der Waals surface area contributed by atoms with Crippen LogP contribution in [0.3, 0.4) is 0 Å². The number of hydrogen-bond donors (Lipinski definition) is 2. The summed E-state index contributed by atoms with van der Waals surface area (Å²) in [6.07, 6.45) is 5.18. The molecule has 0 bridgehead atoms. The number of fused-ring (bicyclic) bond motifs is 2. The van der Waals surface area contributed by atoms with Gasteiger partial charge in [-0.1, -0.05) is 19.9 Å². The van der Waals surface area contributed by atoms with Crippen molar-refractivity contribution < 1.29 is 4.21 Å². The van der Waals surface area contributed by atoms with Crippen molar-refractivity contribution in [2.75, 3.05) is 11.6 Å². The standard InChI is InChI=1S/C18H21N7OS/c1-10(2)14-9-20-25-16(14)22-18(27(4)26)23-17(25)21-11(3)12-5-6-15-13(7-12)8-19-24-15/h5-11H,1-4H3,(H,19,24)(H,21,22,23). The monoisotopic (exact) mass is 383 g/mol. The summed E-state index contributed by atoms with van der Waals surface area (Å²) in [7, 11) is -1.29. The molecule has 0 radical (unpaired) electrons. The fourth-order valence-corrected chi connectivity index (χ4v) is 3.44. The first-order valence-electron chi connectivity index (χ1n) is 8.72. The van der Waals surface area contributed by atoms with E-state index in [9.17, 15) is 4.21 Å². The Morgan fingerprint density at radius 1 is 1.19 bits per heavy atom. The molecule has 0 aliphatic carbocycles. The number of rotatable bonds is 5. The molecule has 0 saturated carbocycles. The predicted molar refractivity (Wildman–Crippen MR) is 105 cm³/mol. The van der Waals surface area contributed by atoms with Crippen molar-refractivity contribution in [1.29, 1.82) is 0 Å². The Morgan fingerprint density at radius 2 is 2.00 bits per heavy atom. The minimum atomic E-state index is -1.29. The number of nitrogens with zero attached hydrogens (tertiary/aromatic N) is 5. The van der Waals surface area contributed by atoms with Crippen LogP contribution in [-0.2, 0) is 10.8 Å². The number of hydrogen-bond acceptors (Lipinski definition) is 6. The maximum atomic E-state index is 12.0. The molecular weight excluding hydrogens is 362 g/mol. The van der Waals surface area contributed by atoms with Crippen LogP contribution in [0.1, 0.15) is 43.9 Å². The third-order valence-electron chi connectivity index (χ3n) is 4.56. The van der Waals surface area contributed by atoms with E-state index < -0.39 is 10.8 Å². The zero-order valence-corrected chi connectivity index (χ0v) is 16.4. The number of anilines is 1. The summed E-state index contributed by atoms with van der Waals surface area (Å²) < 4.78 is 13.7. The quantitative estimate of drug-likeness (QED) is 0.549. The second-order valence-corrected chi connectivity index (χ2v) is 8.13.